The van der Waals surface area contributed by atoms with Gasteiger partial charge in [0.25, 0.3) is 5.91 Å². The zero-order valence-electron chi connectivity index (χ0n) is 12.4. The highest BCUT2D eigenvalue weighted by molar-refractivity contribution is 5.94. The third kappa shape index (κ3) is 4.24. The number of amides is 1. The molecular weight excluding hydrogens is 274 g/mol. The molecule has 0 aromatic heterocycles. The van der Waals surface area contributed by atoms with Crippen molar-refractivity contribution in [3.8, 4) is 0 Å². The average Bonchev–Trinajstić information content (AvgIpc) is 2.49. The Morgan fingerprint density at radius 2 is 2.05 bits per heavy atom. The van der Waals surface area contributed by atoms with Crippen LogP contribution in [0.25, 0.3) is 0 Å². The zero-order chi connectivity index (χ0) is 15.2. The van der Waals surface area contributed by atoms with E-state index in [1.54, 1.807) is 0 Å². The monoisotopic (exact) mass is 296 g/mol. The highest BCUT2D eigenvalue weighted by Crippen LogP contribution is 2.14. The Morgan fingerprint density at radius 1 is 1.33 bits per heavy atom. The van der Waals surface area contributed by atoms with Crippen molar-refractivity contribution >= 4 is 5.91 Å². The normalized spacial score (nSPS) is 16.9. The Morgan fingerprint density at radius 3 is 2.71 bits per heavy atom. The van der Waals surface area contributed by atoms with E-state index in [0.717, 1.165) is 38.5 Å². The Labute approximate surface area is 124 Å². The summed E-state index contributed by atoms with van der Waals surface area (Å²) in [7, 11) is 0. The summed E-state index contributed by atoms with van der Waals surface area (Å²) < 4.78 is 26.7. The Bertz CT molecular complexity index is 485. The number of nitrogens with one attached hydrogen (secondary N) is 1. The summed E-state index contributed by atoms with van der Waals surface area (Å²) in [6, 6.07) is 3.71. The van der Waals surface area contributed by atoms with Gasteiger partial charge in [0.2, 0.25) is 0 Å². The number of likely N-dealkylation sites (tertiary alicyclic amines) is 1. The smallest absolute Gasteiger partial charge is 0.254 e. The average molecular weight is 296 g/mol. The Hall–Kier alpha value is -1.49. The van der Waals surface area contributed by atoms with Crippen molar-refractivity contribution in [2.24, 2.45) is 0 Å². The molecule has 0 saturated carbocycles. The minimum atomic E-state index is -1.07. The van der Waals surface area contributed by atoms with Crippen LogP contribution in [0.2, 0.25) is 0 Å². The van der Waals surface area contributed by atoms with E-state index < -0.39 is 17.5 Å². The molecule has 1 fully saturated rings. The molecule has 1 aromatic rings. The van der Waals surface area contributed by atoms with Crippen LogP contribution in [0.1, 0.15) is 43.0 Å². The van der Waals surface area contributed by atoms with Gasteiger partial charge in [-0.1, -0.05) is 19.4 Å². The summed E-state index contributed by atoms with van der Waals surface area (Å²) in [5, 5.41) is 2.81. The van der Waals surface area contributed by atoms with Gasteiger partial charge >= 0.3 is 0 Å². The van der Waals surface area contributed by atoms with Gasteiger partial charge in [0.15, 0.2) is 11.6 Å². The van der Waals surface area contributed by atoms with Crippen molar-refractivity contribution in [1.82, 2.24) is 10.2 Å². The minimum Gasteiger partial charge on any atom is -0.349 e. The number of carbonyl (C=O) groups excluding carboxylic acids is 1. The van der Waals surface area contributed by atoms with Crippen molar-refractivity contribution in [2.45, 2.75) is 38.6 Å². The second-order valence-electron chi connectivity index (χ2n) is 5.54. The molecule has 1 aliphatic heterocycles. The molecule has 2 rings (SSSR count). The first kappa shape index (κ1) is 15.9. The number of hydrogen-bond acceptors (Lipinski definition) is 2. The van der Waals surface area contributed by atoms with Gasteiger partial charge in [0.1, 0.15) is 0 Å². The standard InChI is InChI=1S/C16H22F2N2O/c1-2-3-9-20-10-7-12(8-11-20)19-16(21)13-5-4-6-14(17)15(13)18/h4-6,12H,2-3,7-11H2,1H3,(H,19,21). The van der Waals surface area contributed by atoms with Gasteiger partial charge in [-0.15, -0.1) is 0 Å². The van der Waals surface area contributed by atoms with Crippen LogP contribution < -0.4 is 5.32 Å². The van der Waals surface area contributed by atoms with Crippen LogP contribution >= 0.6 is 0 Å². The van der Waals surface area contributed by atoms with E-state index in [-0.39, 0.29) is 11.6 Å². The van der Waals surface area contributed by atoms with E-state index in [2.05, 4.69) is 17.1 Å². The maximum atomic E-state index is 13.6. The van der Waals surface area contributed by atoms with E-state index in [4.69, 9.17) is 0 Å². The molecule has 5 heteroatoms. The molecule has 1 aromatic carbocycles. The lowest BCUT2D eigenvalue weighted by atomic mass is 10.0. The molecule has 1 N–H and O–H groups in total. The summed E-state index contributed by atoms with van der Waals surface area (Å²) in [4.78, 5) is 14.4. The van der Waals surface area contributed by atoms with Gasteiger partial charge < -0.3 is 10.2 Å². The molecule has 0 radical (unpaired) electrons. The fraction of sp³-hybridized carbons (Fsp3) is 0.562. The lowest BCUT2D eigenvalue weighted by Crippen LogP contribution is -2.45. The summed E-state index contributed by atoms with van der Waals surface area (Å²) in [6.45, 7) is 5.14. The summed E-state index contributed by atoms with van der Waals surface area (Å²) in [5.41, 5.74) is -0.219. The van der Waals surface area contributed by atoms with Crippen LogP contribution in [-0.2, 0) is 0 Å². The SMILES string of the molecule is CCCCN1CCC(NC(=O)c2cccc(F)c2F)CC1. The molecule has 1 aliphatic rings. The van der Waals surface area contributed by atoms with Crippen LogP contribution in [-0.4, -0.2) is 36.5 Å². The number of benzene rings is 1. The van der Waals surface area contributed by atoms with Crippen molar-refractivity contribution in [1.29, 1.82) is 0 Å². The molecule has 0 aliphatic carbocycles. The van der Waals surface area contributed by atoms with Gasteiger partial charge in [0.05, 0.1) is 5.56 Å². The molecule has 0 spiro atoms. The molecule has 0 atom stereocenters. The molecule has 116 valence electrons. The number of rotatable bonds is 5. The number of unbranched alkanes of at least 4 members (excludes halogenated alkanes) is 1. The lowest BCUT2D eigenvalue weighted by Gasteiger charge is -2.32. The largest absolute Gasteiger partial charge is 0.349 e. The number of piperidine rings is 1. The van der Waals surface area contributed by atoms with Crippen LogP contribution in [0, 0.1) is 11.6 Å². The molecule has 1 amide bonds. The quantitative estimate of drug-likeness (QED) is 0.906. The van der Waals surface area contributed by atoms with E-state index in [1.165, 1.54) is 25.0 Å². The van der Waals surface area contributed by atoms with Crippen molar-refractivity contribution in [3.05, 3.63) is 35.4 Å². The fourth-order valence-corrected chi connectivity index (χ4v) is 2.62. The molecule has 21 heavy (non-hydrogen) atoms. The third-order valence-electron chi connectivity index (χ3n) is 3.95. The topological polar surface area (TPSA) is 32.3 Å². The second kappa shape index (κ2) is 7.50. The van der Waals surface area contributed by atoms with Crippen LogP contribution in [0.5, 0.6) is 0 Å². The first-order valence-electron chi connectivity index (χ1n) is 7.59. The van der Waals surface area contributed by atoms with Gasteiger partial charge in [-0.2, -0.15) is 0 Å². The molecule has 1 saturated heterocycles. The summed E-state index contributed by atoms with van der Waals surface area (Å²) >= 11 is 0. The predicted molar refractivity (Wildman–Crippen MR) is 78.2 cm³/mol. The maximum Gasteiger partial charge on any atom is 0.254 e. The van der Waals surface area contributed by atoms with Gasteiger partial charge in [0, 0.05) is 19.1 Å². The van der Waals surface area contributed by atoms with Gasteiger partial charge in [-0.05, 0) is 37.9 Å². The number of nitrogens with zero attached hydrogens (tertiary/aromatic N) is 1. The zero-order valence-corrected chi connectivity index (χ0v) is 12.4. The molecule has 1 heterocycles. The summed E-state index contributed by atoms with van der Waals surface area (Å²) in [5.74, 6) is -2.59. The number of carbonyl (C=O) groups is 1. The highest BCUT2D eigenvalue weighted by Gasteiger charge is 2.22. The molecule has 3 nitrogen and oxygen atoms in total. The van der Waals surface area contributed by atoms with E-state index in [0.29, 0.717) is 0 Å². The van der Waals surface area contributed by atoms with Crippen LogP contribution in [0.3, 0.4) is 0 Å². The highest BCUT2D eigenvalue weighted by atomic mass is 19.2. The first-order valence-corrected chi connectivity index (χ1v) is 7.59. The lowest BCUT2D eigenvalue weighted by molar-refractivity contribution is 0.0905. The third-order valence-corrected chi connectivity index (χ3v) is 3.95. The predicted octanol–water partition coefficient (Wildman–Crippen LogP) is 2.96. The first-order chi connectivity index (χ1) is 10.1. The van der Waals surface area contributed by atoms with E-state index >= 15 is 0 Å². The second-order valence-corrected chi connectivity index (χ2v) is 5.54. The molecule has 0 bridgehead atoms. The fourth-order valence-electron chi connectivity index (χ4n) is 2.62. The maximum absolute atomic E-state index is 13.6. The minimum absolute atomic E-state index is 0.0399. The van der Waals surface area contributed by atoms with Gasteiger partial charge in [-0.3, -0.25) is 4.79 Å². The van der Waals surface area contributed by atoms with Crippen molar-refractivity contribution in [3.63, 3.8) is 0 Å². The molecule has 0 unspecified atom stereocenters. The number of halogens is 2. The summed E-state index contributed by atoms with van der Waals surface area (Å²) in [6.07, 6.45) is 4.07. The molecular formula is C16H22F2N2O. The van der Waals surface area contributed by atoms with E-state index in [9.17, 15) is 13.6 Å². The van der Waals surface area contributed by atoms with E-state index in [1.807, 2.05) is 0 Å². The Balaban J connectivity index is 1.86. The number of hydrogen-bond donors (Lipinski definition) is 1. The van der Waals surface area contributed by atoms with Crippen LogP contribution in [0.15, 0.2) is 18.2 Å². The van der Waals surface area contributed by atoms with Gasteiger partial charge in [-0.25, -0.2) is 8.78 Å². The Kier molecular flexibility index (Phi) is 5.67. The van der Waals surface area contributed by atoms with Crippen molar-refractivity contribution < 1.29 is 13.6 Å². The van der Waals surface area contributed by atoms with Crippen LogP contribution in [0.4, 0.5) is 8.78 Å². The van der Waals surface area contributed by atoms with Crippen molar-refractivity contribution in [2.75, 3.05) is 19.6 Å².